The summed E-state index contributed by atoms with van der Waals surface area (Å²) in [7, 11) is 0. The molecule has 0 bridgehead atoms. The summed E-state index contributed by atoms with van der Waals surface area (Å²) in [6.07, 6.45) is 0. The molecule has 0 aromatic rings. The van der Waals surface area contributed by atoms with Crippen molar-refractivity contribution in [2.75, 3.05) is 0 Å². The van der Waals surface area contributed by atoms with E-state index in [1.54, 1.807) is 0 Å². The Labute approximate surface area is 158 Å². The van der Waals surface area contributed by atoms with Crippen molar-refractivity contribution in [2.45, 2.75) is 76.5 Å². The van der Waals surface area contributed by atoms with E-state index in [9.17, 15) is 0 Å². The van der Waals surface area contributed by atoms with E-state index in [0.29, 0.717) is 0 Å². The van der Waals surface area contributed by atoms with Crippen LogP contribution in [-0.4, -0.2) is 58.8 Å². The maximum absolute atomic E-state index is 2.50. The molecule has 0 aromatic carbocycles. The predicted octanol–water partition coefficient (Wildman–Crippen LogP) is 4.92. The zero-order chi connectivity index (χ0) is 16.6. The van der Waals surface area contributed by atoms with E-state index in [1.807, 2.05) is 0 Å². The molecule has 4 radical (unpaired) electrons. The van der Waals surface area contributed by atoms with Crippen molar-refractivity contribution < 1.29 is 0 Å². The Bertz CT molecular complexity index is 127. The molecular weight excluding hydrogens is 404 g/mol. The van der Waals surface area contributed by atoms with Crippen molar-refractivity contribution in [2.24, 2.45) is 23.7 Å². The molecule has 0 nitrogen and oxygen atoms in total. The first kappa shape index (κ1) is 27.0. The van der Waals surface area contributed by atoms with Crippen molar-refractivity contribution in [1.82, 2.24) is 0 Å². The molecule has 0 atom stereocenters. The van der Waals surface area contributed by atoms with Crippen LogP contribution in [0.1, 0.15) is 55.4 Å². The van der Waals surface area contributed by atoms with Gasteiger partial charge >= 0.3 is 28.4 Å². The molecule has 0 aliphatic carbocycles. The Morgan fingerprint density at radius 1 is 0.500 bits per heavy atom. The Morgan fingerprint density at radius 3 is 0.750 bits per heavy atom. The summed E-state index contributed by atoms with van der Waals surface area (Å²) in [5.41, 5.74) is 0. The summed E-state index contributed by atoms with van der Waals surface area (Å²) in [5, 5.41) is 5.94. The van der Waals surface area contributed by atoms with Crippen LogP contribution in [0.25, 0.3) is 0 Å². The molecule has 0 fully saturated rings. The van der Waals surface area contributed by atoms with Gasteiger partial charge in [-0.25, -0.2) is 0 Å². The average Bonchev–Trinajstić information content (AvgIpc) is 2.30. The molecule has 0 saturated heterocycles. The van der Waals surface area contributed by atoms with Crippen LogP contribution in [0.4, 0.5) is 0 Å². The van der Waals surface area contributed by atoms with Gasteiger partial charge < -0.3 is 0 Å². The van der Waals surface area contributed by atoms with E-state index >= 15 is 0 Å². The molecule has 4 heteroatoms. The van der Waals surface area contributed by atoms with Gasteiger partial charge in [-0.1, -0.05) is 79.1 Å². The van der Waals surface area contributed by atoms with Gasteiger partial charge in [0.1, 0.15) is 0 Å². The van der Waals surface area contributed by atoms with Crippen molar-refractivity contribution in [3.8, 4) is 0 Å². The monoisotopic (exact) mass is 442 g/mol. The molecule has 20 heavy (non-hydrogen) atoms. The van der Waals surface area contributed by atoms with Crippen LogP contribution in [0, 0.1) is 23.7 Å². The number of hydrogen-bond donors (Lipinski definition) is 0. The third-order valence-corrected chi connectivity index (χ3v) is 7.66. The van der Waals surface area contributed by atoms with Crippen molar-refractivity contribution in [1.29, 1.82) is 0 Å². The van der Waals surface area contributed by atoms with Crippen molar-refractivity contribution in [3.63, 3.8) is 0 Å². The van der Waals surface area contributed by atoms with Crippen LogP contribution in [0.15, 0.2) is 0 Å². The van der Waals surface area contributed by atoms with Gasteiger partial charge in [0.05, 0.1) is 0 Å². The third kappa shape index (κ3) is 36.9. The number of rotatable bonds is 8. The number of hydrogen-bond acceptors (Lipinski definition) is 0. The zero-order valence-electron chi connectivity index (χ0n) is 15.1. The van der Waals surface area contributed by atoms with Gasteiger partial charge in [0.2, 0.25) is 30.4 Å². The second-order valence-electron chi connectivity index (χ2n) is 7.10. The summed E-state index contributed by atoms with van der Waals surface area (Å²) in [4.78, 5) is 0. The Hall–Kier alpha value is 2.10. The Morgan fingerprint density at radius 2 is 0.650 bits per heavy atom. The van der Waals surface area contributed by atoms with Crippen LogP contribution < -0.4 is 0 Å². The molecule has 118 valence electrons. The quantitative estimate of drug-likeness (QED) is 0.471. The second-order valence-corrected chi connectivity index (χ2v) is 10.1. The molecule has 0 rings (SSSR count). The van der Waals surface area contributed by atoms with Gasteiger partial charge in [-0.3, -0.25) is 0 Å². The fourth-order valence-electron chi connectivity index (χ4n) is 1.53. The molecule has 0 amide bonds. The molecule has 0 N–H and O–H groups in total. The van der Waals surface area contributed by atoms with E-state index in [-0.39, 0.29) is 0 Å². The van der Waals surface area contributed by atoms with Crippen molar-refractivity contribution >= 4 is 58.8 Å². The normalized spacial score (nSPS) is 10.1. The summed E-state index contributed by atoms with van der Waals surface area (Å²) < 4.78 is 0. The first-order valence-corrected chi connectivity index (χ1v) is 15.7. The van der Waals surface area contributed by atoms with Crippen LogP contribution in [-0.2, 0) is 0 Å². The fourth-order valence-corrected chi connectivity index (χ4v) is 4.58. The minimum absolute atomic E-state index is 0.755. The zero-order valence-corrected chi connectivity index (χ0v) is 20.8. The van der Waals surface area contributed by atoms with Crippen LogP contribution in [0.3, 0.4) is 0 Å². The van der Waals surface area contributed by atoms with Crippen LogP contribution >= 0.6 is 0 Å². The summed E-state index contributed by atoms with van der Waals surface area (Å²) in [5.74, 6) is 3.72. The first-order chi connectivity index (χ1) is 9.25. The minimum atomic E-state index is 0.755. The van der Waals surface area contributed by atoms with E-state index in [2.05, 4.69) is 83.8 Å². The molecule has 0 saturated carbocycles. The molecular formula is C16H36Al2Se2. The first-order valence-electron chi connectivity index (χ1n) is 8.05. The van der Waals surface area contributed by atoms with Gasteiger partial charge in [0.15, 0.2) is 0 Å². The van der Waals surface area contributed by atoms with Gasteiger partial charge in [0, 0.05) is 0 Å². The van der Waals surface area contributed by atoms with E-state index < -0.39 is 0 Å². The molecule has 0 unspecified atom stereocenters. The average molecular weight is 440 g/mol. The molecule has 0 aliphatic heterocycles. The Kier molecular flexibility index (Phi) is 28.5. The Balaban J connectivity index is -0.000000257. The van der Waals surface area contributed by atoms with E-state index in [1.165, 1.54) is 21.1 Å². The van der Waals surface area contributed by atoms with Crippen LogP contribution in [0.5, 0.6) is 0 Å². The third-order valence-electron chi connectivity index (χ3n) is 2.55. The molecule has 0 aromatic heterocycles. The SMILES string of the molecule is CC(C)[CH2][Al][CH2]C(C)C.CC(C)[CH2][Al][CH2]C(C)C.[Se][Se]. The van der Waals surface area contributed by atoms with E-state index in [0.717, 1.165) is 54.1 Å². The standard InChI is InChI=1S/4C4H9.2Al.Se2/c4*1-4(2)3;;;1-2/h4*4H,1H2,2-3H3;;;. The topological polar surface area (TPSA) is 0 Å². The predicted molar refractivity (Wildman–Crippen MR) is 102 cm³/mol. The maximum atomic E-state index is 2.50. The second kappa shape index (κ2) is 21.1. The van der Waals surface area contributed by atoms with Gasteiger partial charge in [-0.05, 0) is 0 Å². The molecule has 0 spiro atoms. The molecule has 0 heterocycles. The van der Waals surface area contributed by atoms with Crippen LogP contribution in [0.2, 0.25) is 21.1 Å². The summed E-state index contributed by atoms with van der Waals surface area (Å²) in [6.45, 7) is 18.5. The molecule has 0 aliphatic rings. The van der Waals surface area contributed by atoms with Gasteiger partial charge in [-0.2, -0.15) is 0 Å². The van der Waals surface area contributed by atoms with E-state index in [4.69, 9.17) is 0 Å². The van der Waals surface area contributed by atoms with Gasteiger partial charge in [-0.15, -0.1) is 21.1 Å². The van der Waals surface area contributed by atoms with Crippen molar-refractivity contribution in [3.05, 3.63) is 0 Å². The summed E-state index contributed by atoms with van der Waals surface area (Å²) in [6, 6.07) is 0. The fraction of sp³-hybridized carbons (Fsp3) is 1.00. The van der Waals surface area contributed by atoms with Gasteiger partial charge in [0.25, 0.3) is 0 Å². The summed E-state index contributed by atoms with van der Waals surface area (Å²) >= 11 is 6.51.